The third-order valence-corrected chi connectivity index (χ3v) is 7.16. The van der Waals surface area contributed by atoms with E-state index < -0.39 is 40.6 Å². The minimum atomic E-state index is -2.13. The van der Waals surface area contributed by atoms with Crippen molar-refractivity contribution in [2.24, 2.45) is 0 Å². The summed E-state index contributed by atoms with van der Waals surface area (Å²) in [6.07, 6.45) is 1.53. The molecule has 5 heteroatoms. The van der Waals surface area contributed by atoms with Crippen LogP contribution in [0.15, 0.2) is 72.8 Å². The van der Waals surface area contributed by atoms with E-state index in [1.165, 1.54) is 0 Å². The Morgan fingerprint density at radius 1 is 0.571 bits per heavy atom. The van der Waals surface area contributed by atoms with Crippen LogP contribution < -0.4 is 0 Å². The van der Waals surface area contributed by atoms with Crippen molar-refractivity contribution in [1.29, 1.82) is 0 Å². The highest BCUT2D eigenvalue weighted by molar-refractivity contribution is 6.14. The molecule has 0 spiro atoms. The maximum Gasteiger partial charge on any atom is 0.200 e. The lowest BCUT2D eigenvalue weighted by Gasteiger charge is -2.28. The molecule has 0 amide bonds. The number of aryl methyl sites for hydroxylation is 1. The summed E-state index contributed by atoms with van der Waals surface area (Å²) in [7, 11) is 0. The van der Waals surface area contributed by atoms with Crippen molar-refractivity contribution in [2.45, 2.75) is 25.2 Å². The summed E-state index contributed by atoms with van der Waals surface area (Å²) < 4.78 is 71.3. The number of halogens is 5. The molecule has 0 bridgehead atoms. The number of benzene rings is 5. The topological polar surface area (TPSA) is 0 Å². The normalized spacial score (nSPS) is 15.5. The molecule has 1 atom stereocenters. The third kappa shape index (κ3) is 3.25. The largest absolute Gasteiger partial charge is 0.203 e. The van der Waals surface area contributed by atoms with Gasteiger partial charge in [-0.05, 0) is 69.1 Å². The Kier molecular flexibility index (Phi) is 5.10. The maximum atomic E-state index is 14.8. The minimum absolute atomic E-state index is 0.302. The predicted molar refractivity (Wildman–Crippen MR) is 128 cm³/mol. The second-order valence-corrected chi connectivity index (χ2v) is 8.99. The van der Waals surface area contributed by atoms with E-state index in [9.17, 15) is 22.0 Å². The van der Waals surface area contributed by atoms with Crippen LogP contribution in [0.2, 0.25) is 0 Å². The molecule has 5 aromatic carbocycles. The Balaban J connectivity index is 1.65. The van der Waals surface area contributed by atoms with Gasteiger partial charge < -0.3 is 0 Å². The average Bonchev–Trinajstić information content (AvgIpc) is 2.90. The van der Waals surface area contributed by atoms with E-state index in [1.54, 1.807) is 6.07 Å². The van der Waals surface area contributed by atoms with Crippen LogP contribution in [0.3, 0.4) is 0 Å². The molecule has 1 unspecified atom stereocenters. The van der Waals surface area contributed by atoms with Crippen molar-refractivity contribution in [3.05, 3.63) is 119 Å². The second kappa shape index (κ2) is 8.19. The van der Waals surface area contributed by atoms with Gasteiger partial charge in [0.05, 0.1) is 0 Å². The smallest absolute Gasteiger partial charge is 0.200 e. The maximum absolute atomic E-state index is 14.8. The average molecular weight is 474 g/mol. The number of rotatable bonds is 2. The van der Waals surface area contributed by atoms with Crippen LogP contribution in [0.5, 0.6) is 0 Å². The molecule has 0 fully saturated rings. The van der Waals surface area contributed by atoms with Gasteiger partial charge in [0.2, 0.25) is 5.82 Å². The molecule has 0 nitrogen and oxygen atoms in total. The fourth-order valence-electron chi connectivity index (χ4n) is 5.58. The fraction of sp³-hybridized carbons (Fsp3) is 0.133. The Hall–Kier alpha value is -3.73. The zero-order valence-corrected chi connectivity index (χ0v) is 18.5. The molecule has 35 heavy (non-hydrogen) atoms. The second-order valence-electron chi connectivity index (χ2n) is 8.99. The molecule has 0 aliphatic heterocycles. The highest BCUT2D eigenvalue weighted by Crippen LogP contribution is 2.45. The van der Waals surface area contributed by atoms with Crippen molar-refractivity contribution < 1.29 is 22.0 Å². The quantitative estimate of drug-likeness (QED) is 0.104. The van der Waals surface area contributed by atoms with Gasteiger partial charge in [0.25, 0.3) is 0 Å². The van der Waals surface area contributed by atoms with Crippen LogP contribution in [-0.4, -0.2) is 0 Å². The van der Waals surface area contributed by atoms with E-state index >= 15 is 0 Å². The molecular formula is C30H19F5. The molecule has 174 valence electrons. The van der Waals surface area contributed by atoms with Gasteiger partial charge in [-0.25, -0.2) is 22.0 Å². The first-order valence-electron chi connectivity index (χ1n) is 11.5. The van der Waals surface area contributed by atoms with E-state index in [-0.39, 0.29) is 0 Å². The van der Waals surface area contributed by atoms with Gasteiger partial charge in [0, 0.05) is 11.5 Å². The first-order valence-corrected chi connectivity index (χ1v) is 11.5. The summed E-state index contributed by atoms with van der Waals surface area (Å²) in [4.78, 5) is 0. The van der Waals surface area contributed by atoms with Crippen molar-refractivity contribution in [2.75, 3.05) is 0 Å². The highest BCUT2D eigenvalue weighted by Gasteiger charge is 2.34. The van der Waals surface area contributed by atoms with Gasteiger partial charge in [0.15, 0.2) is 23.3 Å². The molecule has 0 aromatic heterocycles. The van der Waals surface area contributed by atoms with Crippen molar-refractivity contribution in [1.82, 2.24) is 0 Å². The van der Waals surface area contributed by atoms with Crippen LogP contribution in [-0.2, 0) is 6.42 Å². The van der Waals surface area contributed by atoms with Crippen molar-refractivity contribution in [3.63, 3.8) is 0 Å². The van der Waals surface area contributed by atoms with Crippen LogP contribution in [0.1, 0.15) is 35.4 Å². The summed E-state index contributed by atoms with van der Waals surface area (Å²) in [5, 5.41) is 4.06. The predicted octanol–water partition coefficient (Wildman–Crippen LogP) is 8.82. The molecule has 1 aliphatic rings. The molecular weight excluding hydrogens is 455 g/mol. The molecule has 1 aliphatic carbocycles. The lowest BCUT2D eigenvalue weighted by atomic mass is 9.76. The van der Waals surface area contributed by atoms with Gasteiger partial charge in [-0.1, -0.05) is 66.7 Å². The summed E-state index contributed by atoms with van der Waals surface area (Å²) in [5.41, 5.74) is 2.83. The summed E-state index contributed by atoms with van der Waals surface area (Å²) in [6, 6.07) is 23.8. The lowest BCUT2D eigenvalue weighted by Crippen LogP contribution is -2.17. The molecule has 5 aromatic rings. The van der Waals surface area contributed by atoms with Gasteiger partial charge in [-0.3, -0.25) is 0 Å². The Morgan fingerprint density at radius 3 is 1.89 bits per heavy atom. The SMILES string of the molecule is Fc1c(F)c(F)c(C2CCCc3c2ccc2c3cc(-c3ccccc3)c3ccccc32)c(F)c1F. The number of hydrogen-bond donors (Lipinski definition) is 0. The van der Waals surface area contributed by atoms with Crippen LogP contribution in [0.25, 0.3) is 32.7 Å². The molecule has 0 N–H and O–H groups in total. The monoisotopic (exact) mass is 474 g/mol. The van der Waals surface area contributed by atoms with Crippen LogP contribution in [0, 0.1) is 29.1 Å². The lowest BCUT2D eigenvalue weighted by molar-refractivity contribution is 0.363. The van der Waals surface area contributed by atoms with E-state index in [0.29, 0.717) is 24.8 Å². The summed E-state index contributed by atoms with van der Waals surface area (Å²) in [5.74, 6) is -10.3. The zero-order valence-electron chi connectivity index (χ0n) is 18.5. The molecule has 0 radical (unpaired) electrons. The fourth-order valence-corrected chi connectivity index (χ4v) is 5.58. The summed E-state index contributed by atoms with van der Waals surface area (Å²) in [6.45, 7) is 0. The molecule has 6 rings (SSSR count). The molecule has 0 saturated carbocycles. The third-order valence-electron chi connectivity index (χ3n) is 7.16. The van der Waals surface area contributed by atoms with E-state index in [4.69, 9.17) is 0 Å². The van der Waals surface area contributed by atoms with E-state index in [2.05, 4.69) is 12.1 Å². The molecule has 0 saturated heterocycles. The summed E-state index contributed by atoms with van der Waals surface area (Å²) >= 11 is 0. The first-order chi connectivity index (χ1) is 17.0. The van der Waals surface area contributed by atoms with Gasteiger partial charge in [0.1, 0.15) is 0 Å². The highest BCUT2D eigenvalue weighted by atomic mass is 19.2. The van der Waals surface area contributed by atoms with Gasteiger partial charge in [-0.2, -0.15) is 0 Å². The first kappa shape index (κ1) is 21.8. The Morgan fingerprint density at radius 2 is 1.17 bits per heavy atom. The van der Waals surface area contributed by atoms with Gasteiger partial charge in [-0.15, -0.1) is 0 Å². The number of hydrogen-bond acceptors (Lipinski definition) is 0. The van der Waals surface area contributed by atoms with E-state index in [0.717, 1.165) is 38.2 Å². The van der Waals surface area contributed by atoms with Crippen LogP contribution in [0.4, 0.5) is 22.0 Å². The standard InChI is InChI=1S/C30H19F5/c31-26-25(27(32)29(34)30(35)28(26)33)22-12-6-11-19-20(22)13-14-21-17-9-4-5-10-18(17)23(15-24(19)21)16-7-2-1-3-8-16/h1-5,7-10,13-15,22H,6,11-12H2. The number of fused-ring (bicyclic) bond motifs is 5. The Labute approximate surface area is 198 Å². The zero-order chi connectivity index (χ0) is 24.3. The van der Waals surface area contributed by atoms with Gasteiger partial charge >= 0.3 is 0 Å². The van der Waals surface area contributed by atoms with E-state index in [1.807, 2.05) is 54.6 Å². The van der Waals surface area contributed by atoms with Crippen molar-refractivity contribution >= 4 is 21.5 Å². The van der Waals surface area contributed by atoms with Crippen molar-refractivity contribution in [3.8, 4) is 11.1 Å². The minimum Gasteiger partial charge on any atom is -0.203 e. The molecule has 0 heterocycles. The Bertz CT molecular complexity index is 1590. The van der Waals surface area contributed by atoms with Crippen LogP contribution >= 0.6 is 0 Å².